The van der Waals surface area contributed by atoms with Gasteiger partial charge >= 0.3 is 0 Å². The first-order chi connectivity index (χ1) is 8.58. The van der Waals surface area contributed by atoms with E-state index in [1.54, 1.807) is 13.2 Å². The number of aliphatic hydroxyl groups is 1. The lowest BCUT2D eigenvalue weighted by atomic mass is 10.1. The fourth-order valence-corrected chi connectivity index (χ4v) is 1.48. The molecule has 5 heteroatoms. The van der Waals surface area contributed by atoms with Gasteiger partial charge in [0.05, 0.1) is 19.8 Å². The SMILES string of the molecule is COc1cc([C@@H](N)CO)ccc1OCCN(C)C. The summed E-state index contributed by atoms with van der Waals surface area (Å²) in [7, 11) is 5.57. The van der Waals surface area contributed by atoms with Crippen LogP contribution in [0.25, 0.3) is 0 Å². The minimum absolute atomic E-state index is 0.0933. The van der Waals surface area contributed by atoms with Crippen LogP contribution in [0, 0.1) is 0 Å². The third-order valence-corrected chi connectivity index (χ3v) is 2.61. The number of nitrogens with zero attached hydrogens (tertiary/aromatic N) is 1. The van der Waals surface area contributed by atoms with Crippen LogP contribution >= 0.6 is 0 Å². The van der Waals surface area contributed by atoms with Gasteiger partial charge in [-0.1, -0.05) is 6.07 Å². The summed E-state index contributed by atoms with van der Waals surface area (Å²) in [6.07, 6.45) is 0. The Hall–Kier alpha value is -1.30. The standard InChI is InChI=1S/C13H22N2O3/c1-15(2)6-7-18-12-5-4-10(11(14)9-16)8-13(12)17-3/h4-5,8,11,16H,6-7,9,14H2,1-3H3/t11-/m0/s1. The molecule has 0 aliphatic carbocycles. The number of hydrogen-bond acceptors (Lipinski definition) is 5. The van der Waals surface area contributed by atoms with E-state index >= 15 is 0 Å². The number of methoxy groups -OCH3 is 1. The van der Waals surface area contributed by atoms with Gasteiger partial charge in [-0.2, -0.15) is 0 Å². The van der Waals surface area contributed by atoms with Gasteiger partial charge in [-0.3, -0.25) is 0 Å². The Bertz CT molecular complexity index is 369. The summed E-state index contributed by atoms with van der Waals surface area (Å²) in [6.45, 7) is 1.33. The molecule has 1 rings (SSSR count). The molecule has 1 aromatic rings. The number of aliphatic hydroxyl groups excluding tert-OH is 1. The predicted molar refractivity (Wildman–Crippen MR) is 71.1 cm³/mol. The van der Waals surface area contributed by atoms with Gasteiger partial charge in [0.1, 0.15) is 6.61 Å². The molecule has 1 atom stereocenters. The summed E-state index contributed by atoms with van der Waals surface area (Å²) in [5.74, 6) is 1.32. The Kier molecular flexibility index (Phi) is 5.91. The van der Waals surface area contributed by atoms with E-state index in [1.165, 1.54) is 0 Å². The molecular formula is C13H22N2O3. The summed E-state index contributed by atoms with van der Waals surface area (Å²) in [5.41, 5.74) is 6.58. The molecule has 18 heavy (non-hydrogen) atoms. The molecule has 0 saturated carbocycles. The van der Waals surface area contributed by atoms with E-state index in [0.29, 0.717) is 18.1 Å². The van der Waals surface area contributed by atoms with Crippen molar-refractivity contribution in [2.45, 2.75) is 6.04 Å². The lowest BCUT2D eigenvalue weighted by molar-refractivity contribution is 0.249. The van der Waals surface area contributed by atoms with Crippen molar-refractivity contribution in [1.29, 1.82) is 0 Å². The average molecular weight is 254 g/mol. The van der Waals surface area contributed by atoms with Crippen LogP contribution in [0.15, 0.2) is 18.2 Å². The van der Waals surface area contributed by atoms with Crippen LogP contribution in [0.1, 0.15) is 11.6 Å². The molecule has 0 radical (unpaired) electrons. The summed E-state index contributed by atoms with van der Waals surface area (Å²) in [5, 5.41) is 9.02. The molecule has 1 aromatic carbocycles. The maximum absolute atomic E-state index is 9.02. The summed E-state index contributed by atoms with van der Waals surface area (Å²) in [6, 6.07) is 5.06. The highest BCUT2D eigenvalue weighted by Crippen LogP contribution is 2.29. The number of likely N-dealkylation sites (N-methyl/N-ethyl adjacent to an activating group) is 1. The van der Waals surface area contributed by atoms with Crippen molar-refractivity contribution >= 4 is 0 Å². The lowest BCUT2D eigenvalue weighted by Crippen LogP contribution is -2.19. The van der Waals surface area contributed by atoms with Gasteiger partial charge < -0.3 is 25.2 Å². The van der Waals surface area contributed by atoms with Crippen molar-refractivity contribution in [1.82, 2.24) is 4.90 Å². The van der Waals surface area contributed by atoms with Crippen molar-refractivity contribution in [3.8, 4) is 11.5 Å². The molecule has 0 amide bonds. The minimum atomic E-state index is -0.394. The van der Waals surface area contributed by atoms with E-state index in [0.717, 1.165) is 12.1 Å². The van der Waals surface area contributed by atoms with Crippen LogP contribution in [-0.4, -0.2) is 51.0 Å². The molecule has 3 N–H and O–H groups in total. The van der Waals surface area contributed by atoms with Gasteiger partial charge in [-0.15, -0.1) is 0 Å². The first-order valence-corrected chi connectivity index (χ1v) is 5.90. The molecule has 0 bridgehead atoms. The normalized spacial score (nSPS) is 12.6. The highest BCUT2D eigenvalue weighted by Gasteiger charge is 2.10. The topological polar surface area (TPSA) is 68.0 Å². The fourth-order valence-electron chi connectivity index (χ4n) is 1.48. The van der Waals surface area contributed by atoms with Crippen LogP contribution in [-0.2, 0) is 0 Å². The van der Waals surface area contributed by atoms with E-state index in [4.69, 9.17) is 20.3 Å². The van der Waals surface area contributed by atoms with Gasteiger partial charge in [0.15, 0.2) is 11.5 Å². The van der Waals surface area contributed by atoms with Gasteiger partial charge in [-0.25, -0.2) is 0 Å². The Morgan fingerprint density at radius 1 is 1.33 bits per heavy atom. The zero-order valence-corrected chi connectivity index (χ0v) is 11.2. The third-order valence-electron chi connectivity index (χ3n) is 2.61. The van der Waals surface area contributed by atoms with Crippen LogP contribution in [0.2, 0.25) is 0 Å². The number of hydrogen-bond donors (Lipinski definition) is 2. The Balaban J connectivity index is 2.74. The molecule has 0 unspecified atom stereocenters. The number of benzene rings is 1. The van der Waals surface area contributed by atoms with Crippen molar-refractivity contribution < 1.29 is 14.6 Å². The van der Waals surface area contributed by atoms with Gasteiger partial charge in [0.25, 0.3) is 0 Å². The lowest BCUT2D eigenvalue weighted by Gasteiger charge is -2.15. The zero-order valence-electron chi connectivity index (χ0n) is 11.2. The molecular weight excluding hydrogens is 232 g/mol. The van der Waals surface area contributed by atoms with Crippen molar-refractivity contribution in [2.24, 2.45) is 5.73 Å². The molecule has 0 aromatic heterocycles. The Morgan fingerprint density at radius 2 is 2.06 bits per heavy atom. The van der Waals surface area contributed by atoms with E-state index < -0.39 is 6.04 Å². The first kappa shape index (κ1) is 14.8. The number of ether oxygens (including phenoxy) is 2. The predicted octanol–water partition coefficient (Wildman–Crippen LogP) is 0.628. The van der Waals surface area contributed by atoms with E-state index in [1.807, 2.05) is 31.1 Å². The summed E-state index contributed by atoms with van der Waals surface area (Å²) < 4.78 is 10.9. The van der Waals surface area contributed by atoms with Crippen molar-refractivity contribution in [3.63, 3.8) is 0 Å². The summed E-state index contributed by atoms with van der Waals surface area (Å²) in [4.78, 5) is 2.04. The van der Waals surface area contributed by atoms with Crippen LogP contribution in [0.5, 0.6) is 11.5 Å². The number of nitrogens with two attached hydrogens (primary N) is 1. The molecule has 0 fully saturated rings. The second-order valence-corrected chi connectivity index (χ2v) is 4.35. The van der Waals surface area contributed by atoms with Crippen LogP contribution in [0.3, 0.4) is 0 Å². The van der Waals surface area contributed by atoms with Crippen LogP contribution in [0.4, 0.5) is 0 Å². The molecule has 0 saturated heterocycles. The van der Waals surface area contributed by atoms with Gasteiger partial charge in [-0.05, 0) is 31.8 Å². The average Bonchev–Trinajstić information content (AvgIpc) is 2.37. The van der Waals surface area contributed by atoms with Crippen molar-refractivity contribution in [3.05, 3.63) is 23.8 Å². The van der Waals surface area contributed by atoms with Gasteiger partial charge in [0.2, 0.25) is 0 Å². The highest BCUT2D eigenvalue weighted by atomic mass is 16.5. The second-order valence-electron chi connectivity index (χ2n) is 4.35. The molecule has 102 valence electrons. The highest BCUT2D eigenvalue weighted by molar-refractivity contribution is 5.43. The molecule has 0 heterocycles. The second kappa shape index (κ2) is 7.20. The fraction of sp³-hybridized carbons (Fsp3) is 0.538. The van der Waals surface area contributed by atoms with Crippen molar-refractivity contribution in [2.75, 3.05) is 41.0 Å². The Labute approximate surface area is 108 Å². The number of rotatable bonds is 7. The van der Waals surface area contributed by atoms with E-state index in [-0.39, 0.29) is 6.61 Å². The maximum atomic E-state index is 9.02. The molecule has 0 aliphatic rings. The smallest absolute Gasteiger partial charge is 0.161 e. The molecule has 5 nitrogen and oxygen atoms in total. The molecule has 0 aliphatic heterocycles. The van der Waals surface area contributed by atoms with Crippen LogP contribution < -0.4 is 15.2 Å². The third kappa shape index (κ3) is 4.18. The van der Waals surface area contributed by atoms with Gasteiger partial charge in [0, 0.05) is 6.54 Å². The largest absolute Gasteiger partial charge is 0.493 e. The monoisotopic (exact) mass is 254 g/mol. The molecule has 0 spiro atoms. The minimum Gasteiger partial charge on any atom is -0.493 e. The Morgan fingerprint density at radius 3 is 2.61 bits per heavy atom. The van der Waals surface area contributed by atoms with E-state index in [9.17, 15) is 0 Å². The van der Waals surface area contributed by atoms with E-state index in [2.05, 4.69) is 0 Å². The maximum Gasteiger partial charge on any atom is 0.161 e. The first-order valence-electron chi connectivity index (χ1n) is 5.90. The zero-order chi connectivity index (χ0) is 13.5. The quantitative estimate of drug-likeness (QED) is 0.747. The summed E-state index contributed by atoms with van der Waals surface area (Å²) >= 11 is 0.